The van der Waals surface area contributed by atoms with Crippen LogP contribution in [0, 0.1) is 0 Å². The third-order valence-electron chi connectivity index (χ3n) is 6.68. The summed E-state index contributed by atoms with van der Waals surface area (Å²) in [5.74, 6) is -0.127. The number of phosphoric ester groups is 1. The second-order valence-electron chi connectivity index (χ2n) is 10.2. The fourth-order valence-electron chi connectivity index (χ4n) is 4.45. The maximum Gasteiger partial charge on any atom is 1.00 e. The molecule has 37 heavy (non-hydrogen) atoms. The molecule has 0 rings (SSSR count). The molecule has 0 aliphatic carbocycles. The Bertz CT molecular complexity index is 545. The van der Waals surface area contributed by atoms with Crippen molar-refractivity contribution >= 4 is 13.8 Å². The first-order valence-electron chi connectivity index (χ1n) is 14.9. The molecule has 0 aromatic heterocycles. The zero-order chi connectivity index (χ0) is 26.9. The molecule has 0 amide bonds. The molecule has 0 saturated heterocycles. The van der Waals surface area contributed by atoms with Crippen LogP contribution in [0.2, 0.25) is 0 Å². The van der Waals surface area contributed by atoms with Crippen LogP contribution in [0.5, 0.6) is 0 Å². The van der Waals surface area contributed by atoms with E-state index in [4.69, 9.17) is 14.2 Å². The van der Waals surface area contributed by atoms with Crippen molar-refractivity contribution in [1.29, 1.82) is 0 Å². The van der Waals surface area contributed by atoms with Crippen molar-refractivity contribution in [3.05, 3.63) is 0 Å². The molecule has 7 nitrogen and oxygen atoms in total. The number of aliphatic hydroxyl groups excluding tert-OH is 1. The summed E-state index contributed by atoms with van der Waals surface area (Å²) in [7, 11) is -4.89. The van der Waals surface area contributed by atoms with Crippen LogP contribution in [0.4, 0.5) is 0 Å². The molecule has 3 unspecified atom stereocenters. The van der Waals surface area contributed by atoms with Gasteiger partial charge in [-0.05, 0) is 25.7 Å². The number of ether oxygens (including phenoxy) is 1. The predicted octanol–water partition coefficient (Wildman–Crippen LogP) is 4.36. The summed E-state index contributed by atoms with van der Waals surface area (Å²) >= 11 is 0. The van der Waals surface area contributed by atoms with Gasteiger partial charge in [0.1, 0.15) is 0 Å². The molecular formula is C28H56NaO7P. The van der Waals surface area contributed by atoms with Crippen molar-refractivity contribution < 1.29 is 63.1 Å². The quantitative estimate of drug-likeness (QED) is 0.0666. The molecule has 2 N–H and O–H groups in total. The molecule has 0 saturated carbocycles. The van der Waals surface area contributed by atoms with Crippen LogP contribution in [0.1, 0.15) is 155 Å². The van der Waals surface area contributed by atoms with E-state index >= 15 is 0 Å². The maximum absolute atomic E-state index is 11.8. The van der Waals surface area contributed by atoms with Gasteiger partial charge in [-0.1, -0.05) is 123 Å². The zero-order valence-corrected chi connectivity index (χ0v) is 27.2. The molecule has 0 spiro atoms. The minimum absolute atomic E-state index is 0. The van der Waals surface area contributed by atoms with Gasteiger partial charge in [-0.25, -0.2) is 0 Å². The second kappa shape index (κ2) is 28.1. The molecule has 0 aromatic carbocycles. The number of unbranched alkanes of at least 4 members (excludes halogenated alkanes) is 16. The number of carbonyl (C=O) groups excluding carboxylic acids is 1. The molecule has 0 radical (unpaired) electrons. The third kappa shape index (κ3) is 29.3. The van der Waals surface area contributed by atoms with E-state index in [9.17, 15) is 19.4 Å². The van der Waals surface area contributed by atoms with E-state index in [1.165, 1.54) is 57.8 Å². The van der Waals surface area contributed by atoms with Crippen molar-refractivity contribution in [2.45, 2.75) is 167 Å². The average molecular weight is 559 g/mol. The van der Waals surface area contributed by atoms with Crippen molar-refractivity contribution in [3.63, 3.8) is 0 Å². The molecule has 0 aliphatic heterocycles. The number of hydrogen-bond donors (Lipinski definition) is 2. The Balaban J connectivity index is 0. The SMILES string of the molecule is CCCCCCCCCCOC(=O)CCCCCCCC(OP(=O)([O-])O)C(O)CCCCCCCC.[Na+]. The zero-order valence-electron chi connectivity index (χ0n) is 24.3. The van der Waals surface area contributed by atoms with E-state index in [0.29, 0.717) is 32.3 Å². The molecule has 0 aromatic rings. The maximum atomic E-state index is 11.8. The van der Waals surface area contributed by atoms with Gasteiger partial charge in [-0.2, -0.15) is 0 Å². The first-order valence-corrected chi connectivity index (χ1v) is 16.4. The van der Waals surface area contributed by atoms with Gasteiger partial charge in [0.15, 0.2) is 0 Å². The minimum atomic E-state index is -4.89. The Morgan fingerprint density at radius 2 is 1.16 bits per heavy atom. The summed E-state index contributed by atoms with van der Waals surface area (Å²) in [5.41, 5.74) is 0. The topological polar surface area (TPSA) is 116 Å². The van der Waals surface area contributed by atoms with Gasteiger partial charge in [-0.3, -0.25) is 9.36 Å². The van der Waals surface area contributed by atoms with Crippen LogP contribution in [0.25, 0.3) is 0 Å². The van der Waals surface area contributed by atoms with Gasteiger partial charge in [0.05, 0.1) is 18.8 Å². The van der Waals surface area contributed by atoms with E-state index in [1.54, 1.807) is 0 Å². The first kappa shape index (κ1) is 39.7. The molecule has 0 aliphatic rings. The van der Waals surface area contributed by atoms with Gasteiger partial charge >= 0.3 is 35.5 Å². The fourth-order valence-corrected chi connectivity index (χ4v) is 5.03. The van der Waals surface area contributed by atoms with Crippen LogP contribution < -0.4 is 34.5 Å². The van der Waals surface area contributed by atoms with Crippen LogP contribution in [0.3, 0.4) is 0 Å². The van der Waals surface area contributed by atoms with Crippen LogP contribution >= 0.6 is 7.82 Å². The Kier molecular flexibility index (Phi) is 30.1. The standard InChI is InChI=1S/C28H57O7P.Na/c1-3-5-7-9-11-12-17-21-25-34-28(30)24-20-16-13-15-19-23-27(35-36(31,32)33)26(29)22-18-14-10-8-6-4-2;/h26-27,29H,3-25H2,1-2H3,(H2,31,32,33);/q;+1/p-1. The van der Waals surface area contributed by atoms with Gasteiger partial charge in [0, 0.05) is 6.42 Å². The monoisotopic (exact) mass is 558 g/mol. The largest absolute Gasteiger partial charge is 1.00 e. The van der Waals surface area contributed by atoms with E-state index in [-0.39, 0.29) is 35.5 Å². The molecule has 9 heteroatoms. The number of carbonyl (C=O) groups is 1. The predicted molar refractivity (Wildman–Crippen MR) is 145 cm³/mol. The van der Waals surface area contributed by atoms with Crippen LogP contribution in [-0.4, -0.2) is 34.8 Å². The second-order valence-corrected chi connectivity index (χ2v) is 11.4. The van der Waals surface area contributed by atoms with Gasteiger partial charge in [-0.15, -0.1) is 0 Å². The van der Waals surface area contributed by atoms with E-state index in [0.717, 1.165) is 57.8 Å². The normalized spacial score (nSPS) is 14.5. The number of esters is 1. The Hall–Kier alpha value is 0.540. The van der Waals surface area contributed by atoms with E-state index in [2.05, 4.69) is 13.8 Å². The number of hydrogen-bond acceptors (Lipinski definition) is 6. The van der Waals surface area contributed by atoms with E-state index in [1.807, 2.05) is 0 Å². The summed E-state index contributed by atoms with van der Waals surface area (Å²) in [6.45, 7) is 4.90. The summed E-state index contributed by atoms with van der Waals surface area (Å²) in [5, 5.41) is 10.4. The summed E-state index contributed by atoms with van der Waals surface area (Å²) in [6, 6.07) is 0. The third-order valence-corrected chi connectivity index (χ3v) is 7.22. The van der Waals surface area contributed by atoms with Crippen molar-refractivity contribution in [2.75, 3.05) is 6.61 Å². The molecule has 0 fully saturated rings. The molecule has 3 atom stereocenters. The van der Waals surface area contributed by atoms with Crippen LogP contribution in [-0.2, 0) is 18.6 Å². The van der Waals surface area contributed by atoms with Crippen molar-refractivity contribution in [1.82, 2.24) is 0 Å². The van der Waals surface area contributed by atoms with Crippen LogP contribution in [0.15, 0.2) is 0 Å². The summed E-state index contributed by atoms with van der Waals surface area (Å²) in [6.07, 6.45) is 19.9. The smallest absolute Gasteiger partial charge is 0.756 e. The number of rotatable bonds is 27. The van der Waals surface area contributed by atoms with Gasteiger partial charge < -0.3 is 24.2 Å². The van der Waals surface area contributed by atoms with Gasteiger partial charge in [0.2, 0.25) is 0 Å². The Morgan fingerprint density at radius 3 is 1.68 bits per heavy atom. The Labute approximate surface area is 249 Å². The fraction of sp³-hybridized carbons (Fsp3) is 0.964. The summed E-state index contributed by atoms with van der Waals surface area (Å²) < 4.78 is 21.3. The molecular weight excluding hydrogens is 502 g/mol. The van der Waals surface area contributed by atoms with E-state index < -0.39 is 20.0 Å². The van der Waals surface area contributed by atoms with Gasteiger partial charge in [0.25, 0.3) is 7.82 Å². The van der Waals surface area contributed by atoms with Crippen molar-refractivity contribution in [2.24, 2.45) is 0 Å². The molecule has 0 heterocycles. The minimum Gasteiger partial charge on any atom is -0.756 e. The van der Waals surface area contributed by atoms with Crippen molar-refractivity contribution in [3.8, 4) is 0 Å². The molecule has 0 bridgehead atoms. The number of phosphoric acid groups is 1. The summed E-state index contributed by atoms with van der Waals surface area (Å²) in [4.78, 5) is 32.2. The Morgan fingerprint density at radius 1 is 0.730 bits per heavy atom. The number of aliphatic hydroxyl groups is 1. The first-order chi connectivity index (χ1) is 17.3. The molecule has 216 valence electrons. The average Bonchev–Trinajstić information content (AvgIpc) is 2.83.